The van der Waals surface area contributed by atoms with E-state index in [-0.39, 0.29) is 23.7 Å². The van der Waals surface area contributed by atoms with E-state index in [9.17, 15) is 0 Å². The number of aliphatic imine (C=N–C) groups is 1. The van der Waals surface area contributed by atoms with Gasteiger partial charge in [0.15, 0.2) is 0 Å². The van der Waals surface area contributed by atoms with Crippen molar-refractivity contribution in [1.29, 1.82) is 0 Å². The van der Waals surface area contributed by atoms with E-state index in [1.54, 1.807) is 0 Å². The van der Waals surface area contributed by atoms with Gasteiger partial charge < -0.3 is 8.98 Å². The molecule has 5 aromatic rings. The first-order valence-corrected chi connectivity index (χ1v) is 25.6. The molecule has 0 aliphatic heterocycles. The van der Waals surface area contributed by atoms with Crippen molar-refractivity contribution in [2.24, 2.45) is 16.8 Å². The molecular weight excluding hydrogens is 824 g/mol. The van der Waals surface area contributed by atoms with Gasteiger partial charge in [-0.25, -0.2) is 0 Å². The van der Waals surface area contributed by atoms with E-state index in [0.29, 0.717) is 12.3 Å². The molecular formula is C61H55N2O2P. The standard InChI is InChI=1S/C61H55N2O2P/c64-66(50-26-9-3-10-27-50,51-28-11-4-12-29-51)52-36-34-45(35-37-52)53-32-17-33-58-59(53)57-40-56(54-30-13-14-31-55(54)60(57)65-58)49-25-16-24-48(39-49)47-23-15-20-44(38-47)42-63-61(46-21-7-2-8-22-46)62-41-43-18-5-1-6-19-43/h1-14,16,18,21-32,34-36,38-41,43,52,54-55,61,63H,15,17,19-20,33,37,42H2/t43?,52?,54?,55?,61-/m0/s1. The summed E-state index contributed by atoms with van der Waals surface area (Å²) >= 11 is 0. The molecule has 0 fully saturated rings. The predicted molar refractivity (Wildman–Crippen MR) is 277 cm³/mol. The highest BCUT2D eigenvalue weighted by molar-refractivity contribution is 7.79. The van der Waals surface area contributed by atoms with Gasteiger partial charge in [0.25, 0.3) is 0 Å². The van der Waals surface area contributed by atoms with E-state index in [2.05, 4.69) is 157 Å². The van der Waals surface area contributed by atoms with Gasteiger partial charge in [0.05, 0.1) is 0 Å². The molecule has 0 bridgehead atoms. The molecule has 5 heteroatoms. The largest absolute Gasteiger partial charge is 0.464 e. The summed E-state index contributed by atoms with van der Waals surface area (Å²) in [5.41, 5.74) is 12.3. The zero-order chi connectivity index (χ0) is 44.3. The van der Waals surface area contributed by atoms with Crippen LogP contribution in [0.25, 0.3) is 22.8 Å². The van der Waals surface area contributed by atoms with Crippen molar-refractivity contribution in [3.63, 3.8) is 0 Å². The van der Waals surface area contributed by atoms with Crippen LogP contribution in [0.3, 0.4) is 0 Å². The van der Waals surface area contributed by atoms with Crippen molar-refractivity contribution in [3.05, 3.63) is 251 Å². The van der Waals surface area contributed by atoms with Gasteiger partial charge in [0, 0.05) is 64.3 Å². The summed E-state index contributed by atoms with van der Waals surface area (Å²) in [5, 5.41) is 5.61. The monoisotopic (exact) mass is 878 g/mol. The number of allylic oxidation sites excluding steroid dienone is 18. The van der Waals surface area contributed by atoms with Crippen molar-refractivity contribution >= 4 is 46.8 Å². The lowest BCUT2D eigenvalue weighted by atomic mass is 9.72. The second kappa shape index (κ2) is 18.7. The molecule has 4 aromatic carbocycles. The normalized spacial score (nSPS) is 22.4. The fraction of sp³-hybridized carbons (Fsp3) is 0.197. The van der Waals surface area contributed by atoms with E-state index in [1.165, 1.54) is 55.7 Å². The predicted octanol–water partition coefficient (Wildman–Crippen LogP) is 13.9. The minimum Gasteiger partial charge on any atom is -0.464 e. The quantitative estimate of drug-likeness (QED) is 0.100. The number of nitrogens with zero attached hydrogens (tertiary/aromatic N) is 1. The Morgan fingerprint density at radius 1 is 0.697 bits per heavy atom. The van der Waals surface area contributed by atoms with Crippen LogP contribution in [0.1, 0.15) is 83.5 Å². The van der Waals surface area contributed by atoms with Gasteiger partial charge in [0.2, 0.25) is 0 Å². The van der Waals surface area contributed by atoms with Crippen molar-refractivity contribution in [3.8, 4) is 0 Å². The Morgan fingerprint density at radius 3 is 2.17 bits per heavy atom. The van der Waals surface area contributed by atoms with E-state index in [0.717, 1.165) is 60.8 Å². The van der Waals surface area contributed by atoms with Crippen LogP contribution in [0.2, 0.25) is 0 Å². The van der Waals surface area contributed by atoms with E-state index >= 15 is 4.57 Å². The summed E-state index contributed by atoms with van der Waals surface area (Å²) < 4.78 is 22.2. The average Bonchev–Trinajstić information content (AvgIpc) is 3.79. The van der Waals surface area contributed by atoms with Crippen molar-refractivity contribution in [1.82, 2.24) is 5.32 Å². The first-order valence-electron chi connectivity index (χ1n) is 23.8. The van der Waals surface area contributed by atoms with Crippen LogP contribution in [0.5, 0.6) is 0 Å². The molecule has 1 aromatic heterocycles. The van der Waals surface area contributed by atoms with Crippen molar-refractivity contribution in [2.45, 2.75) is 56.3 Å². The zero-order valence-corrected chi connectivity index (χ0v) is 38.1. The first-order chi connectivity index (χ1) is 32.6. The zero-order valence-electron chi connectivity index (χ0n) is 37.3. The highest BCUT2D eigenvalue weighted by atomic mass is 31.2. The lowest BCUT2D eigenvalue weighted by Gasteiger charge is -2.31. The molecule has 11 rings (SSSR count). The highest BCUT2D eigenvalue weighted by Gasteiger charge is 2.39. The summed E-state index contributed by atoms with van der Waals surface area (Å²) in [4.78, 5) is 5.07. The molecule has 0 saturated heterocycles. The molecule has 326 valence electrons. The Morgan fingerprint density at radius 2 is 1.42 bits per heavy atom. The van der Waals surface area contributed by atoms with Gasteiger partial charge in [-0.05, 0) is 83.2 Å². The number of aryl methyl sites for hydroxylation is 1. The Hall–Kier alpha value is -6.58. The number of hydrogen-bond donors (Lipinski definition) is 1. The smallest absolute Gasteiger partial charge is 0.150 e. The number of fused-ring (bicyclic) bond motifs is 5. The lowest BCUT2D eigenvalue weighted by molar-refractivity contribution is 0.433. The fourth-order valence-electron chi connectivity index (χ4n) is 10.7. The summed E-state index contributed by atoms with van der Waals surface area (Å²) in [6.07, 6.45) is 41.6. The summed E-state index contributed by atoms with van der Waals surface area (Å²) in [7, 11) is -2.96. The van der Waals surface area contributed by atoms with Gasteiger partial charge >= 0.3 is 0 Å². The van der Waals surface area contributed by atoms with Gasteiger partial charge in [-0.3, -0.25) is 10.3 Å². The van der Waals surface area contributed by atoms with Crippen molar-refractivity contribution in [2.75, 3.05) is 6.54 Å². The maximum absolute atomic E-state index is 15.3. The summed E-state index contributed by atoms with van der Waals surface area (Å²) in [5.74, 6) is 2.74. The lowest BCUT2D eigenvalue weighted by Crippen LogP contribution is -2.25. The molecule has 1 N–H and O–H groups in total. The molecule has 0 spiro atoms. The Kier molecular flexibility index (Phi) is 11.9. The molecule has 66 heavy (non-hydrogen) atoms. The molecule has 6 aliphatic carbocycles. The first kappa shape index (κ1) is 42.1. The van der Waals surface area contributed by atoms with Gasteiger partial charge in [-0.15, -0.1) is 0 Å². The summed E-state index contributed by atoms with van der Waals surface area (Å²) in [6, 6.07) is 39.9. The van der Waals surface area contributed by atoms with Crippen LogP contribution in [-0.2, 0) is 11.0 Å². The highest BCUT2D eigenvalue weighted by Crippen LogP contribution is 2.54. The van der Waals surface area contributed by atoms with Crippen LogP contribution in [0, 0.1) is 11.8 Å². The number of benzene rings is 4. The number of nitrogens with one attached hydrogen (secondary N) is 1. The number of hydrogen-bond acceptors (Lipinski definition) is 4. The SMILES string of the molecule is O=P(c1ccccc1)(c1ccccc1)C1C=CC(C2=CCCc3oc4c(c32)C=C(c2cccc(C3=CCCC(CN[C@H](N=CC5C=CC=CC5)c5ccccc5)=C3)c2)C2C=CC=CC42)=CC1. The minimum absolute atomic E-state index is 0.109. The van der Waals surface area contributed by atoms with Gasteiger partial charge in [-0.1, -0.05) is 200 Å². The van der Waals surface area contributed by atoms with Crippen LogP contribution >= 0.6 is 7.14 Å². The van der Waals surface area contributed by atoms with Gasteiger partial charge in [0.1, 0.15) is 24.8 Å². The van der Waals surface area contributed by atoms with E-state index in [4.69, 9.17) is 9.41 Å². The molecule has 4 unspecified atom stereocenters. The number of furan rings is 1. The third-order valence-corrected chi connectivity index (χ3v) is 17.5. The number of rotatable bonds is 12. The van der Waals surface area contributed by atoms with Crippen molar-refractivity contribution < 1.29 is 8.98 Å². The van der Waals surface area contributed by atoms with Crippen LogP contribution < -0.4 is 15.9 Å². The second-order valence-electron chi connectivity index (χ2n) is 18.2. The molecule has 0 amide bonds. The average molecular weight is 879 g/mol. The summed E-state index contributed by atoms with van der Waals surface area (Å²) in [6.45, 7) is 0.774. The topological polar surface area (TPSA) is 54.6 Å². The maximum atomic E-state index is 15.3. The molecule has 0 radical (unpaired) electrons. The Balaban J connectivity index is 0.873. The maximum Gasteiger partial charge on any atom is 0.150 e. The Bertz CT molecular complexity index is 2980. The third-order valence-electron chi connectivity index (χ3n) is 14.1. The Labute approximate surface area is 389 Å². The molecule has 0 saturated carbocycles. The van der Waals surface area contributed by atoms with Crippen LogP contribution in [0.4, 0.5) is 0 Å². The molecule has 4 nitrogen and oxygen atoms in total. The fourth-order valence-corrected chi connectivity index (χ4v) is 13.7. The molecule has 6 aliphatic rings. The molecule has 1 heterocycles. The van der Waals surface area contributed by atoms with E-state index < -0.39 is 7.14 Å². The second-order valence-corrected chi connectivity index (χ2v) is 21.2. The van der Waals surface area contributed by atoms with E-state index in [1.807, 2.05) is 60.7 Å². The molecule has 5 atom stereocenters. The third kappa shape index (κ3) is 8.30. The van der Waals surface area contributed by atoms with Crippen LogP contribution in [-0.4, -0.2) is 18.4 Å². The van der Waals surface area contributed by atoms with Gasteiger partial charge in [-0.2, -0.15) is 0 Å². The van der Waals surface area contributed by atoms with Crippen LogP contribution in [0.15, 0.2) is 221 Å². The minimum atomic E-state index is -2.96.